The lowest BCUT2D eigenvalue weighted by atomic mass is 10.0. The van der Waals surface area contributed by atoms with E-state index in [-0.39, 0.29) is 17.8 Å². The molecule has 1 aliphatic heterocycles. The van der Waals surface area contributed by atoms with Crippen LogP contribution in [0.2, 0.25) is 0 Å². The first-order chi connectivity index (χ1) is 10.1. The van der Waals surface area contributed by atoms with E-state index in [1.165, 1.54) is 12.1 Å². The molecule has 3 rings (SSSR count). The number of nitrogens with zero attached hydrogens (tertiary/aromatic N) is 3. The second-order valence-corrected chi connectivity index (χ2v) is 6.03. The normalized spacial score (nSPS) is 18.2. The van der Waals surface area contributed by atoms with Crippen LogP contribution >= 0.6 is 15.9 Å². The van der Waals surface area contributed by atoms with Crippen LogP contribution in [0.5, 0.6) is 0 Å². The highest BCUT2D eigenvalue weighted by atomic mass is 79.9. The molecule has 4 nitrogen and oxygen atoms in total. The Kier molecular flexibility index (Phi) is 3.80. The third kappa shape index (κ3) is 2.60. The van der Waals surface area contributed by atoms with Gasteiger partial charge in [0.1, 0.15) is 11.5 Å². The van der Waals surface area contributed by atoms with Crippen LogP contribution < -0.4 is 0 Å². The Morgan fingerprint density at radius 2 is 2.10 bits per heavy atom. The van der Waals surface area contributed by atoms with Crippen LogP contribution in [-0.2, 0) is 7.05 Å². The van der Waals surface area contributed by atoms with Gasteiger partial charge in [-0.25, -0.2) is 4.39 Å². The monoisotopic (exact) mass is 351 g/mol. The highest BCUT2D eigenvalue weighted by Crippen LogP contribution is 2.34. The lowest BCUT2D eigenvalue weighted by Gasteiger charge is -2.25. The molecule has 1 aliphatic rings. The molecule has 0 spiro atoms. The average molecular weight is 352 g/mol. The summed E-state index contributed by atoms with van der Waals surface area (Å²) in [6.45, 7) is 0.707. The van der Waals surface area contributed by atoms with E-state index >= 15 is 0 Å². The molecule has 2 aromatic rings. The van der Waals surface area contributed by atoms with E-state index in [0.717, 1.165) is 18.4 Å². The second-order valence-electron chi connectivity index (χ2n) is 5.17. The van der Waals surface area contributed by atoms with Crippen LogP contribution in [0.3, 0.4) is 0 Å². The number of likely N-dealkylation sites (tertiary alicyclic amines) is 1. The molecular weight excluding hydrogens is 337 g/mol. The van der Waals surface area contributed by atoms with Gasteiger partial charge in [-0.15, -0.1) is 0 Å². The maximum atomic E-state index is 13.1. The summed E-state index contributed by atoms with van der Waals surface area (Å²) in [7, 11) is 1.75. The van der Waals surface area contributed by atoms with Crippen molar-refractivity contribution in [2.45, 2.75) is 18.9 Å². The number of amides is 1. The van der Waals surface area contributed by atoms with Gasteiger partial charge in [0.25, 0.3) is 5.91 Å². The lowest BCUT2D eigenvalue weighted by molar-refractivity contribution is 0.0723. The van der Waals surface area contributed by atoms with Crippen molar-refractivity contribution in [3.8, 4) is 0 Å². The summed E-state index contributed by atoms with van der Waals surface area (Å²) in [5, 5.41) is 4.09. The number of carbonyl (C=O) groups is 1. The van der Waals surface area contributed by atoms with Crippen molar-refractivity contribution in [2.75, 3.05) is 6.54 Å². The maximum absolute atomic E-state index is 13.1. The molecule has 1 aromatic carbocycles. The number of carbonyl (C=O) groups excluding carboxylic acids is 1. The van der Waals surface area contributed by atoms with Gasteiger partial charge in [0.2, 0.25) is 0 Å². The van der Waals surface area contributed by atoms with Gasteiger partial charge in [-0.2, -0.15) is 5.10 Å². The van der Waals surface area contributed by atoms with E-state index in [1.807, 2.05) is 4.90 Å². The van der Waals surface area contributed by atoms with E-state index in [9.17, 15) is 9.18 Å². The van der Waals surface area contributed by atoms with Crippen molar-refractivity contribution < 1.29 is 9.18 Å². The molecular formula is C15H15BrFN3O. The van der Waals surface area contributed by atoms with Gasteiger partial charge in [-0.1, -0.05) is 12.1 Å². The molecule has 1 saturated heterocycles. The predicted octanol–water partition coefficient (Wildman–Crippen LogP) is 3.30. The molecule has 0 radical (unpaired) electrons. The molecule has 0 saturated carbocycles. The Bertz CT molecular complexity index is 649. The topological polar surface area (TPSA) is 38.1 Å². The van der Waals surface area contributed by atoms with Crippen molar-refractivity contribution in [3.05, 3.63) is 52.0 Å². The number of hydrogen-bond acceptors (Lipinski definition) is 2. The minimum absolute atomic E-state index is 0.0000926. The molecule has 0 unspecified atom stereocenters. The third-order valence-electron chi connectivity index (χ3n) is 3.87. The first-order valence-electron chi connectivity index (χ1n) is 6.82. The first-order valence-corrected chi connectivity index (χ1v) is 7.61. The average Bonchev–Trinajstić information content (AvgIpc) is 3.07. The van der Waals surface area contributed by atoms with Gasteiger partial charge < -0.3 is 4.90 Å². The molecule has 110 valence electrons. The molecule has 0 aliphatic carbocycles. The zero-order valence-corrected chi connectivity index (χ0v) is 13.2. The van der Waals surface area contributed by atoms with Crippen LogP contribution in [0.4, 0.5) is 4.39 Å². The van der Waals surface area contributed by atoms with Crippen molar-refractivity contribution in [1.29, 1.82) is 0 Å². The van der Waals surface area contributed by atoms with Gasteiger partial charge in [0, 0.05) is 13.6 Å². The molecule has 21 heavy (non-hydrogen) atoms. The smallest absolute Gasteiger partial charge is 0.273 e. The Balaban J connectivity index is 1.90. The number of halogens is 2. The zero-order valence-electron chi connectivity index (χ0n) is 11.6. The number of aryl methyl sites for hydroxylation is 1. The van der Waals surface area contributed by atoms with Crippen molar-refractivity contribution in [1.82, 2.24) is 14.7 Å². The van der Waals surface area contributed by atoms with Crippen LogP contribution in [0.15, 0.2) is 34.9 Å². The van der Waals surface area contributed by atoms with Crippen molar-refractivity contribution in [2.24, 2.45) is 7.05 Å². The molecule has 2 heterocycles. The minimum Gasteiger partial charge on any atom is -0.330 e. The number of benzene rings is 1. The first kappa shape index (κ1) is 14.3. The third-order valence-corrected chi connectivity index (χ3v) is 4.45. The molecule has 1 fully saturated rings. The molecule has 1 atom stereocenters. The van der Waals surface area contributed by atoms with Gasteiger partial charge in [0.05, 0.1) is 16.7 Å². The minimum atomic E-state index is -0.260. The molecule has 1 aromatic heterocycles. The predicted molar refractivity (Wildman–Crippen MR) is 80.3 cm³/mol. The molecule has 6 heteroatoms. The number of hydrogen-bond donors (Lipinski definition) is 0. The van der Waals surface area contributed by atoms with E-state index in [2.05, 4.69) is 21.0 Å². The number of rotatable bonds is 2. The summed E-state index contributed by atoms with van der Waals surface area (Å²) in [6.07, 6.45) is 3.46. The van der Waals surface area contributed by atoms with Gasteiger partial charge in [-0.3, -0.25) is 9.48 Å². The van der Waals surface area contributed by atoms with Crippen molar-refractivity contribution >= 4 is 21.8 Å². The fourth-order valence-corrected chi connectivity index (χ4v) is 3.35. The maximum Gasteiger partial charge on any atom is 0.273 e. The Labute approximate surface area is 130 Å². The summed E-state index contributed by atoms with van der Waals surface area (Å²) in [5.41, 5.74) is 1.52. The molecule has 1 amide bonds. The molecule has 0 N–H and O–H groups in total. The summed E-state index contributed by atoms with van der Waals surface area (Å²) < 4.78 is 15.3. The Hall–Kier alpha value is -1.69. The van der Waals surface area contributed by atoms with Gasteiger partial charge in [0.15, 0.2) is 0 Å². The summed E-state index contributed by atoms with van der Waals surface area (Å²) in [4.78, 5) is 14.6. The van der Waals surface area contributed by atoms with E-state index in [1.54, 1.807) is 30.1 Å². The van der Waals surface area contributed by atoms with Gasteiger partial charge in [-0.05, 0) is 46.5 Å². The highest BCUT2D eigenvalue weighted by molar-refractivity contribution is 9.10. The lowest BCUT2D eigenvalue weighted by Crippen LogP contribution is -2.32. The summed E-state index contributed by atoms with van der Waals surface area (Å²) >= 11 is 3.37. The van der Waals surface area contributed by atoms with Crippen molar-refractivity contribution in [3.63, 3.8) is 0 Å². The van der Waals surface area contributed by atoms with Crippen LogP contribution in [0.1, 0.15) is 34.9 Å². The summed E-state index contributed by atoms with van der Waals surface area (Å²) in [5.74, 6) is -0.308. The quantitative estimate of drug-likeness (QED) is 0.832. The molecule has 0 bridgehead atoms. The standard InChI is InChI=1S/C15H15BrFN3O/c1-19-14(12(16)9-18-19)15(21)20-8-2-3-13(20)10-4-6-11(17)7-5-10/h4-7,9,13H,2-3,8H2,1H3/t13-/m1/s1. The Morgan fingerprint density at radius 3 is 2.71 bits per heavy atom. The van der Waals surface area contributed by atoms with Gasteiger partial charge >= 0.3 is 0 Å². The fourth-order valence-electron chi connectivity index (χ4n) is 2.83. The van der Waals surface area contributed by atoms with E-state index in [4.69, 9.17) is 0 Å². The van der Waals surface area contributed by atoms with Crippen LogP contribution in [0, 0.1) is 5.82 Å². The van der Waals surface area contributed by atoms with Crippen LogP contribution in [-0.4, -0.2) is 27.1 Å². The largest absolute Gasteiger partial charge is 0.330 e. The fraction of sp³-hybridized carbons (Fsp3) is 0.333. The zero-order chi connectivity index (χ0) is 15.0. The Morgan fingerprint density at radius 1 is 1.38 bits per heavy atom. The SMILES string of the molecule is Cn1ncc(Br)c1C(=O)N1CCC[C@@H]1c1ccc(F)cc1. The van der Waals surface area contributed by atoms with Crippen LogP contribution in [0.25, 0.3) is 0 Å². The summed E-state index contributed by atoms with van der Waals surface area (Å²) in [6, 6.07) is 6.39. The number of aromatic nitrogens is 2. The van der Waals surface area contributed by atoms with E-state index < -0.39 is 0 Å². The highest BCUT2D eigenvalue weighted by Gasteiger charge is 2.32. The van der Waals surface area contributed by atoms with E-state index in [0.29, 0.717) is 16.7 Å². The second kappa shape index (κ2) is 5.60.